The fourth-order valence-corrected chi connectivity index (χ4v) is 4.57. The van der Waals surface area contributed by atoms with Gasteiger partial charge in [-0.1, -0.05) is 41.0 Å². The van der Waals surface area contributed by atoms with Crippen LogP contribution in [0.2, 0.25) is 0 Å². The van der Waals surface area contributed by atoms with E-state index in [9.17, 15) is 5.11 Å². The molecular formula is C16H30O. The van der Waals surface area contributed by atoms with Gasteiger partial charge in [0.1, 0.15) is 0 Å². The third-order valence-electron chi connectivity index (χ3n) is 5.78. The molecule has 1 N–H and O–H groups in total. The predicted octanol–water partition coefficient (Wildman–Crippen LogP) is 4.25. The van der Waals surface area contributed by atoms with Crippen LogP contribution in [0.15, 0.2) is 0 Å². The van der Waals surface area contributed by atoms with Crippen molar-refractivity contribution >= 4 is 0 Å². The molecule has 5 atom stereocenters. The Morgan fingerprint density at radius 1 is 1.00 bits per heavy atom. The lowest BCUT2D eigenvalue weighted by molar-refractivity contribution is -0.0744. The number of aliphatic hydroxyl groups is 1. The van der Waals surface area contributed by atoms with Crippen LogP contribution < -0.4 is 0 Å². The van der Waals surface area contributed by atoms with E-state index >= 15 is 0 Å². The highest BCUT2D eigenvalue weighted by Crippen LogP contribution is 2.54. The Labute approximate surface area is 107 Å². The number of hydrogen-bond donors (Lipinski definition) is 1. The molecule has 100 valence electrons. The zero-order valence-corrected chi connectivity index (χ0v) is 12.3. The molecule has 0 spiro atoms. The molecule has 1 heteroatoms. The van der Waals surface area contributed by atoms with E-state index in [-0.39, 0.29) is 5.60 Å². The Hall–Kier alpha value is -0.0400. The van der Waals surface area contributed by atoms with Gasteiger partial charge >= 0.3 is 0 Å². The molecule has 0 amide bonds. The van der Waals surface area contributed by atoms with Crippen LogP contribution in [0, 0.1) is 29.1 Å². The molecule has 2 saturated carbocycles. The largest absolute Gasteiger partial charge is 0.389 e. The average Bonchev–Trinajstić information content (AvgIpc) is 2.41. The minimum absolute atomic E-state index is 0.334. The highest BCUT2D eigenvalue weighted by atomic mass is 16.3. The van der Waals surface area contributed by atoms with Crippen LogP contribution in [0.1, 0.15) is 66.7 Å². The van der Waals surface area contributed by atoms with E-state index in [0.717, 1.165) is 18.3 Å². The van der Waals surface area contributed by atoms with Crippen LogP contribution in [0.25, 0.3) is 0 Å². The molecule has 17 heavy (non-hydrogen) atoms. The molecule has 0 bridgehead atoms. The molecule has 2 aliphatic rings. The van der Waals surface area contributed by atoms with Crippen LogP contribution >= 0.6 is 0 Å². The Bertz CT molecular complexity index is 283. The van der Waals surface area contributed by atoms with Crippen LogP contribution in [0.3, 0.4) is 0 Å². The maximum absolute atomic E-state index is 11.1. The summed E-state index contributed by atoms with van der Waals surface area (Å²) in [7, 11) is 0. The van der Waals surface area contributed by atoms with E-state index in [1.54, 1.807) is 0 Å². The van der Waals surface area contributed by atoms with Crippen LogP contribution in [0.4, 0.5) is 0 Å². The van der Waals surface area contributed by atoms with Crippen molar-refractivity contribution in [2.75, 3.05) is 0 Å². The minimum Gasteiger partial charge on any atom is -0.389 e. The van der Waals surface area contributed by atoms with Gasteiger partial charge in [0.15, 0.2) is 0 Å². The van der Waals surface area contributed by atoms with Crippen molar-refractivity contribution in [2.45, 2.75) is 72.3 Å². The third kappa shape index (κ3) is 2.41. The fourth-order valence-electron chi connectivity index (χ4n) is 4.57. The summed E-state index contributed by atoms with van der Waals surface area (Å²) in [6.45, 7) is 11.6. The van der Waals surface area contributed by atoms with Gasteiger partial charge in [-0.15, -0.1) is 0 Å². The summed E-state index contributed by atoms with van der Waals surface area (Å²) in [4.78, 5) is 0. The maximum atomic E-state index is 11.1. The molecule has 0 aromatic rings. The lowest BCUT2D eigenvalue weighted by atomic mass is 9.66. The quantitative estimate of drug-likeness (QED) is 0.724. The van der Waals surface area contributed by atoms with Crippen molar-refractivity contribution in [1.82, 2.24) is 0 Å². The van der Waals surface area contributed by atoms with Gasteiger partial charge in [-0.05, 0) is 54.8 Å². The third-order valence-corrected chi connectivity index (χ3v) is 5.78. The van der Waals surface area contributed by atoms with Crippen LogP contribution in [-0.4, -0.2) is 10.7 Å². The summed E-state index contributed by atoms with van der Waals surface area (Å²) in [5.41, 5.74) is -0.0433. The zero-order valence-electron chi connectivity index (χ0n) is 12.3. The fraction of sp³-hybridized carbons (Fsp3) is 1.00. The lowest BCUT2D eigenvalue weighted by Gasteiger charge is -2.43. The Morgan fingerprint density at radius 2 is 1.65 bits per heavy atom. The van der Waals surface area contributed by atoms with Gasteiger partial charge in [-0.2, -0.15) is 0 Å². The molecule has 0 aromatic heterocycles. The Morgan fingerprint density at radius 3 is 2.12 bits per heavy atom. The van der Waals surface area contributed by atoms with Crippen molar-refractivity contribution in [2.24, 2.45) is 29.1 Å². The molecule has 2 fully saturated rings. The number of rotatable bonds is 1. The van der Waals surface area contributed by atoms with Gasteiger partial charge in [0.05, 0.1) is 5.60 Å². The van der Waals surface area contributed by atoms with Gasteiger partial charge in [0.25, 0.3) is 0 Å². The summed E-state index contributed by atoms with van der Waals surface area (Å²) in [5.74, 6) is 2.65. The monoisotopic (exact) mass is 238 g/mol. The molecule has 2 rings (SSSR count). The van der Waals surface area contributed by atoms with E-state index in [4.69, 9.17) is 0 Å². The lowest BCUT2D eigenvalue weighted by Crippen LogP contribution is -2.44. The van der Waals surface area contributed by atoms with E-state index in [1.807, 2.05) is 0 Å². The molecule has 5 unspecified atom stereocenters. The summed E-state index contributed by atoms with van der Waals surface area (Å²) >= 11 is 0. The predicted molar refractivity (Wildman–Crippen MR) is 72.8 cm³/mol. The smallest absolute Gasteiger partial charge is 0.0706 e. The summed E-state index contributed by atoms with van der Waals surface area (Å²) in [6.07, 6.45) is 5.97. The molecule has 0 heterocycles. The first-order chi connectivity index (χ1) is 7.74. The highest BCUT2D eigenvalue weighted by Gasteiger charge is 2.52. The summed E-state index contributed by atoms with van der Waals surface area (Å²) in [6, 6.07) is 0. The first kappa shape index (κ1) is 13.4. The van der Waals surface area contributed by atoms with Crippen molar-refractivity contribution in [3.63, 3.8) is 0 Å². The van der Waals surface area contributed by atoms with Crippen molar-refractivity contribution < 1.29 is 5.11 Å². The van der Waals surface area contributed by atoms with Crippen molar-refractivity contribution in [1.29, 1.82) is 0 Å². The molecule has 2 aliphatic carbocycles. The van der Waals surface area contributed by atoms with E-state index in [2.05, 4.69) is 34.6 Å². The SMILES string of the molecule is CC1CCC(C2(O)CC(C)(C)CC2C)CC1C. The normalized spacial score (nSPS) is 50.5. The summed E-state index contributed by atoms with van der Waals surface area (Å²) < 4.78 is 0. The number of hydrogen-bond acceptors (Lipinski definition) is 1. The Balaban J connectivity index is 2.11. The zero-order chi connectivity index (χ0) is 12.8. The standard InChI is InChI=1S/C16H30O/c1-11-6-7-14(8-12(11)2)16(17)10-15(4,5)9-13(16)3/h11-14,17H,6-10H2,1-5H3. The van der Waals surface area contributed by atoms with Crippen LogP contribution in [-0.2, 0) is 0 Å². The highest BCUT2D eigenvalue weighted by molar-refractivity contribution is 5.03. The topological polar surface area (TPSA) is 20.2 Å². The first-order valence-corrected chi connectivity index (χ1v) is 7.47. The molecule has 0 radical (unpaired) electrons. The molecule has 0 aromatic carbocycles. The Kier molecular flexibility index (Phi) is 3.36. The molecule has 0 aliphatic heterocycles. The van der Waals surface area contributed by atoms with Gasteiger partial charge in [-0.25, -0.2) is 0 Å². The second kappa shape index (κ2) is 4.26. The van der Waals surface area contributed by atoms with Gasteiger partial charge in [0.2, 0.25) is 0 Å². The van der Waals surface area contributed by atoms with Gasteiger partial charge in [-0.3, -0.25) is 0 Å². The van der Waals surface area contributed by atoms with E-state index in [1.165, 1.54) is 25.7 Å². The van der Waals surface area contributed by atoms with Crippen molar-refractivity contribution in [3.05, 3.63) is 0 Å². The molecule has 1 nitrogen and oxygen atoms in total. The maximum Gasteiger partial charge on any atom is 0.0706 e. The molecular weight excluding hydrogens is 208 g/mol. The van der Waals surface area contributed by atoms with E-state index < -0.39 is 0 Å². The first-order valence-electron chi connectivity index (χ1n) is 7.47. The van der Waals surface area contributed by atoms with Crippen molar-refractivity contribution in [3.8, 4) is 0 Å². The summed E-state index contributed by atoms with van der Waals surface area (Å²) in [5, 5.41) is 11.1. The van der Waals surface area contributed by atoms with E-state index in [0.29, 0.717) is 17.3 Å². The van der Waals surface area contributed by atoms with Crippen LogP contribution in [0.5, 0.6) is 0 Å². The average molecular weight is 238 g/mol. The second-order valence-electron chi connectivity index (χ2n) is 7.90. The van der Waals surface area contributed by atoms with Gasteiger partial charge in [0, 0.05) is 0 Å². The van der Waals surface area contributed by atoms with Gasteiger partial charge < -0.3 is 5.11 Å². The minimum atomic E-state index is -0.377. The second-order valence-corrected chi connectivity index (χ2v) is 7.90. The molecule has 0 saturated heterocycles.